The van der Waals surface area contributed by atoms with E-state index in [9.17, 15) is 24.0 Å². The van der Waals surface area contributed by atoms with E-state index in [0.717, 1.165) is 31.2 Å². The number of carbonyl (C=O) groups excluding carboxylic acids is 5. The largest absolute Gasteiger partial charge is 0.492 e. The van der Waals surface area contributed by atoms with E-state index in [0.29, 0.717) is 50.5 Å². The quantitative estimate of drug-likeness (QED) is 0.0526. The van der Waals surface area contributed by atoms with Crippen LogP contribution in [-0.2, 0) is 32.0 Å². The first-order valence-corrected chi connectivity index (χ1v) is 22.1. The number of pyridine rings is 2. The Hall–Kier alpha value is -6.68. The maximum absolute atomic E-state index is 14.7. The van der Waals surface area contributed by atoms with Gasteiger partial charge >= 0.3 is 0 Å². The van der Waals surface area contributed by atoms with Gasteiger partial charge in [-0.1, -0.05) is 38.3 Å². The molecule has 5 amide bonds. The first kappa shape index (κ1) is 49.3. The van der Waals surface area contributed by atoms with Crippen LogP contribution in [0.1, 0.15) is 84.7 Å². The molecular formula is C47H61N11O7. The third-order valence-electron chi connectivity index (χ3n) is 11.1. The van der Waals surface area contributed by atoms with Crippen molar-refractivity contribution in [2.75, 3.05) is 46.4 Å². The van der Waals surface area contributed by atoms with Crippen molar-refractivity contribution in [3.05, 3.63) is 82.7 Å². The molecule has 0 aliphatic carbocycles. The highest BCUT2D eigenvalue weighted by molar-refractivity contribution is 6.01. The van der Waals surface area contributed by atoms with Crippen LogP contribution in [0, 0.1) is 18.3 Å². The van der Waals surface area contributed by atoms with Gasteiger partial charge in [0.1, 0.15) is 55.4 Å². The Balaban J connectivity index is 1.55. The minimum atomic E-state index is -1.39. The summed E-state index contributed by atoms with van der Waals surface area (Å²) in [5, 5.41) is 19.9. The predicted molar refractivity (Wildman–Crippen MR) is 245 cm³/mol. The second kappa shape index (κ2) is 23.8. The maximum Gasteiger partial charge on any atom is 0.253 e. The average molecular weight is 892 g/mol. The lowest BCUT2D eigenvalue weighted by Gasteiger charge is -2.32. The standard InChI is InChI=1S/C47H61N11O7/c1-5-6-7-8-9-31-24-38-37(53-27-31)26-33(28(2)54-38)44(60)56-36(14-15-48)47(63)58(4)42-32-11-13-41(65-21-18-51)35(25-32)34-22-30(10-12-40(34)64-20-17-50)23-39(45(61)52-19-16-49)57-43(59)29(3)55-46(42)62/h10-13,22,24-27,29,36,39,42H,5-9,14-15,17-21,23,48,50-51H2,1-4H3,(H,52,61)(H,55,62)(H,56,60)(H,57,59)/t29-,36?,39-,42-/m0/s1. The number of likely N-dealkylation sites (N-methyl/N-ethyl adjacent to an activating group) is 1. The molecule has 346 valence electrons. The number of carbonyl (C=O) groups is 5. The topological polar surface area (TPSA) is 283 Å². The van der Waals surface area contributed by atoms with Crippen molar-refractivity contribution >= 4 is 40.6 Å². The average Bonchev–Trinajstić information content (AvgIpc) is 3.29. The second-order valence-electron chi connectivity index (χ2n) is 16.0. The van der Waals surface area contributed by atoms with Crippen LogP contribution in [0.5, 0.6) is 11.5 Å². The molecule has 0 radical (unpaired) electrons. The number of unbranched alkanes of at least 4 members (excludes halogenated alkanes) is 3. The highest BCUT2D eigenvalue weighted by Gasteiger charge is 2.36. The number of nitrogens with zero attached hydrogens (tertiary/aromatic N) is 4. The number of rotatable bonds is 19. The summed E-state index contributed by atoms with van der Waals surface area (Å²) in [5.41, 5.74) is 22.5. The van der Waals surface area contributed by atoms with Crippen LogP contribution in [0.25, 0.3) is 22.2 Å². The number of ether oxygens (including phenoxy) is 2. The van der Waals surface area contributed by atoms with Gasteiger partial charge in [-0.15, -0.1) is 0 Å². The number of amides is 5. The van der Waals surface area contributed by atoms with Crippen LogP contribution < -0.4 is 47.9 Å². The van der Waals surface area contributed by atoms with Crippen LogP contribution in [0.2, 0.25) is 0 Å². The minimum absolute atomic E-state index is 0.00602. The van der Waals surface area contributed by atoms with E-state index in [1.165, 1.54) is 25.3 Å². The van der Waals surface area contributed by atoms with Gasteiger partial charge in [-0.2, -0.15) is 5.26 Å². The van der Waals surface area contributed by atoms with E-state index in [-0.39, 0.29) is 57.8 Å². The SMILES string of the molecule is CCCCCCc1cnc2cc(C(=O)NC(CCN)C(=O)N(C)[C@@H]3C(=O)N[C@@H](C)C(=O)N[C@H](C(=O)NCC#N)Cc4ccc(OCCN)c(c4)-c4cc3ccc4OCCN)c(C)nc2c1. The van der Waals surface area contributed by atoms with Gasteiger partial charge in [-0.3, -0.25) is 33.9 Å². The molecule has 2 aromatic heterocycles. The van der Waals surface area contributed by atoms with Crippen LogP contribution in [0.15, 0.2) is 54.7 Å². The molecule has 2 aromatic carbocycles. The summed E-state index contributed by atoms with van der Waals surface area (Å²) in [4.78, 5) is 80.8. The molecule has 4 bridgehead atoms. The molecule has 0 spiro atoms. The third-order valence-corrected chi connectivity index (χ3v) is 11.1. The van der Waals surface area contributed by atoms with E-state index in [4.69, 9.17) is 36.9 Å². The van der Waals surface area contributed by atoms with Crippen LogP contribution in [0.3, 0.4) is 0 Å². The van der Waals surface area contributed by atoms with Crippen molar-refractivity contribution in [3.8, 4) is 28.7 Å². The highest BCUT2D eigenvalue weighted by Crippen LogP contribution is 2.40. The summed E-state index contributed by atoms with van der Waals surface area (Å²) in [6.07, 6.45) is 7.18. The van der Waals surface area contributed by atoms with Gasteiger partial charge in [0.15, 0.2) is 0 Å². The molecule has 65 heavy (non-hydrogen) atoms. The molecule has 5 rings (SSSR count). The van der Waals surface area contributed by atoms with Crippen LogP contribution >= 0.6 is 0 Å². The number of nitrogens with two attached hydrogens (primary N) is 3. The van der Waals surface area contributed by atoms with Gasteiger partial charge in [-0.25, -0.2) is 0 Å². The Morgan fingerprint density at radius 1 is 0.923 bits per heavy atom. The van der Waals surface area contributed by atoms with E-state index in [1.807, 2.05) is 12.1 Å². The Labute approximate surface area is 379 Å². The predicted octanol–water partition coefficient (Wildman–Crippen LogP) is 2.24. The molecule has 1 aliphatic rings. The first-order chi connectivity index (χ1) is 31.3. The first-order valence-electron chi connectivity index (χ1n) is 22.1. The fourth-order valence-corrected chi connectivity index (χ4v) is 7.68. The van der Waals surface area contributed by atoms with Crippen LogP contribution in [0.4, 0.5) is 0 Å². The summed E-state index contributed by atoms with van der Waals surface area (Å²) in [7, 11) is 1.42. The fourth-order valence-electron chi connectivity index (χ4n) is 7.68. The van der Waals surface area contributed by atoms with Gasteiger partial charge in [0.05, 0.1) is 28.4 Å². The molecular weight excluding hydrogens is 831 g/mol. The highest BCUT2D eigenvalue weighted by atomic mass is 16.5. The fraction of sp³-hybridized carbons (Fsp3) is 0.447. The Bertz CT molecular complexity index is 2390. The summed E-state index contributed by atoms with van der Waals surface area (Å²) >= 11 is 0. The molecule has 1 unspecified atom stereocenters. The zero-order valence-corrected chi connectivity index (χ0v) is 37.6. The molecule has 10 N–H and O–H groups in total. The number of benzene rings is 2. The van der Waals surface area contributed by atoms with Gasteiger partial charge in [0, 0.05) is 43.9 Å². The number of nitriles is 1. The lowest BCUT2D eigenvalue weighted by Crippen LogP contribution is -2.56. The minimum Gasteiger partial charge on any atom is -0.492 e. The second-order valence-corrected chi connectivity index (χ2v) is 16.0. The number of hydrogen-bond acceptors (Lipinski definition) is 13. The summed E-state index contributed by atoms with van der Waals surface area (Å²) in [6.45, 7) is 5.73. The molecule has 1 aliphatic heterocycles. The van der Waals surface area contributed by atoms with Gasteiger partial charge in [-0.05, 0) is 92.7 Å². The normalized spacial score (nSPS) is 16.6. The number of aromatic nitrogens is 2. The number of hydrogen-bond donors (Lipinski definition) is 7. The smallest absolute Gasteiger partial charge is 0.253 e. The Morgan fingerprint density at radius 2 is 1.63 bits per heavy atom. The number of fused-ring (bicyclic) bond motifs is 6. The van der Waals surface area contributed by atoms with E-state index >= 15 is 0 Å². The third kappa shape index (κ3) is 12.7. The van der Waals surface area contributed by atoms with Crippen molar-refractivity contribution in [2.45, 2.75) is 89.9 Å². The van der Waals surface area contributed by atoms with Gasteiger partial charge < -0.3 is 52.8 Å². The lowest BCUT2D eigenvalue weighted by molar-refractivity contribution is -0.141. The Kier molecular flexibility index (Phi) is 18.1. The molecule has 0 fully saturated rings. The molecule has 18 nitrogen and oxygen atoms in total. The van der Waals surface area contributed by atoms with Crippen LogP contribution in [-0.4, -0.2) is 109 Å². The number of nitrogens with one attached hydrogen (secondary N) is 4. The molecule has 0 saturated heterocycles. The summed E-state index contributed by atoms with van der Waals surface area (Å²) < 4.78 is 12.2. The number of aryl methyl sites for hydroxylation is 2. The lowest BCUT2D eigenvalue weighted by atomic mass is 9.93. The van der Waals surface area contributed by atoms with Gasteiger partial charge in [0.25, 0.3) is 5.91 Å². The summed E-state index contributed by atoms with van der Waals surface area (Å²) in [5.74, 6) is -2.50. The molecule has 4 aromatic rings. The maximum atomic E-state index is 14.7. The van der Waals surface area contributed by atoms with Crippen molar-refractivity contribution < 1.29 is 33.4 Å². The molecule has 0 saturated carbocycles. The molecule has 18 heteroatoms. The van der Waals surface area contributed by atoms with Crippen molar-refractivity contribution in [1.29, 1.82) is 5.26 Å². The molecule has 3 heterocycles. The zero-order valence-electron chi connectivity index (χ0n) is 37.6. The van der Waals surface area contributed by atoms with E-state index in [1.54, 1.807) is 55.6 Å². The van der Waals surface area contributed by atoms with Gasteiger partial charge in [0.2, 0.25) is 23.6 Å². The van der Waals surface area contributed by atoms with E-state index < -0.39 is 53.7 Å². The van der Waals surface area contributed by atoms with Crippen molar-refractivity contribution in [2.24, 2.45) is 17.2 Å². The van der Waals surface area contributed by atoms with Crippen molar-refractivity contribution in [3.63, 3.8) is 0 Å². The van der Waals surface area contributed by atoms with Crippen molar-refractivity contribution in [1.82, 2.24) is 36.1 Å². The van der Waals surface area contributed by atoms with E-state index in [2.05, 4.69) is 33.2 Å². The molecule has 4 atom stereocenters. The summed E-state index contributed by atoms with van der Waals surface area (Å²) in [6, 6.07) is 10.7. The Morgan fingerprint density at radius 3 is 2.31 bits per heavy atom. The zero-order chi connectivity index (χ0) is 47.0. The monoisotopic (exact) mass is 891 g/mol.